The van der Waals surface area contributed by atoms with E-state index in [-0.39, 0.29) is 30.7 Å². The van der Waals surface area contributed by atoms with E-state index in [4.69, 9.17) is 4.74 Å². The molecule has 1 unspecified atom stereocenters. The number of carbonyl (C=O) groups is 2. The molecule has 0 bridgehead atoms. The molecule has 0 saturated heterocycles. The highest BCUT2D eigenvalue weighted by atomic mass is 19.1. The highest BCUT2D eigenvalue weighted by Gasteiger charge is 2.34. The summed E-state index contributed by atoms with van der Waals surface area (Å²) in [5.41, 5.74) is 1.45. The summed E-state index contributed by atoms with van der Waals surface area (Å²) in [5, 5.41) is 9.28. The SMILES string of the molecule is C=C(C(=O)O)C1=C(/C=C\CC)C(=O)N(C(C)c2ccc(OCCF)nc2)C1. The normalized spacial score (nSPS) is 15.5. The van der Waals surface area contributed by atoms with E-state index in [9.17, 15) is 19.1 Å². The van der Waals surface area contributed by atoms with Crippen molar-refractivity contribution in [2.75, 3.05) is 19.8 Å². The third kappa shape index (κ3) is 4.61. The molecule has 0 aromatic carbocycles. The first kappa shape index (κ1) is 20.4. The summed E-state index contributed by atoms with van der Waals surface area (Å²) in [7, 11) is 0. The van der Waals surface area contributed by atoms with Crippen LogP contribution in [-0.2, 0) is 9.59 Å². The predicted octanol–water partition coefficient (Wildman–Crippen LogP) is 3.24. The minimum absolute atomic E-state index is 0.0653. The molecule has 27 heavy (non-hydrogen) atoms. The molecule has 0 fully saturated rings. The van der Waals surface area contributed by atoms with Gasteiger partial charge in [0.15, 0.2) is 0 Å². The first-order chi connectivity index (χ1) is 12.9. The average molecular weight is 374 g/mol. The Morgan fingerprint density at radius 3 is 2.81 bits per heavy atom. The van der Waals surface area contributed by atoms with Gasteiger partial charge in [0.1, 0.15) is 13.3 Å². The number of hydrogen-bond donors (Lipinski definition) is 1. The van der Waals surface area contributed by atoms with Gasteiger partial charge in [0.25, 0.3) is 5.91 Å². The lowest BCUT2D eigenvalue weighted by atomic mass is 10.0. The zero-order chi connectivity index (χ0) is 20.0. The van der Waals surface area contributed by atoms with Gasteiger partial charge in [-0.2, -0.15) is 0 Å². The van der Waals surface area contributed by atoms with Crippen LogP contribution in [0.1, 0.15) is 31.9 Å². The van der Waals surface area contributed by atoms with E-state index in [1.807, 2.05) is 19.9 Å². The number of carboxylic acids is 1. The van der Waals surface area contributed by atoms with Gasteiger partial charge in [-0.15, -0.1) is 0 Å². The van der Waals surface area contributed by atoms with Gasteiger partial charge in [0.05, 0.1) is 11.6 Å². The van der Waals surface area contributed by atoms with Crippen molar-refractivity contribution in [1.82, 2.24) is 9.88 Å². The molecule has 1 aliphatic heterocycles. The van der Waals surface area contributed by atoms with E-state index in [2.05, 4.69) is 11.6 Å². The van der Waals surface area contributed by atoms with Crippen LogP contribution in [-0.4, -0.2) is 46.7 Å². The molecular formula is C20H23FN2O4. The molecule has 1 atom stereocenters. The van der Waals surface area contributed by atoms with Gasteiger partial charge in [0.2, 0.25) is 5.88 Å². The van der Waals surface area contributed by atoms with Gasteiger partial charge in [0, 0.05) is 24.4 Å². The highest BCUT2D eigenvalue weighted by molar-refractivity contribution is 6.05. The summed E-state index contributed by atoms with van der Waals surface area (Å²) in [4.78, 5) is 29.9. The van der Waals surface area contributed by atoms with Crippen LogP contribution >= 0.6 is 0 Å². The van der Waals surface area contributed by atoms with Gasteiger partial charge in [-0.05, 0) is 24.5 Å². The quantitative estimate of drug-likeness (QED) is 0.671. The average Bonchev–Trinajstić information content (AvgIpc) is 3.00. The summed E-state index contributed by atoms with van der Waals surface area (Å²) >= 11 is 0. The molecule has 1 N–H and O–H groups in total. The van der Waals surface area contributed by atoms with E-state index in [0.717, 1.165) is 12.0 Å². The van der Waals surface area contributed by atoms with Gasteiger partial charge in [-0.3, -0.25) is 4.79 Å². The molecule has 1 aliphatic rings. The molecule has 1 aromatic heterocycles. The maximum atomic E-state index is 12.9. The van der Waals surface area contributed by atoms with E-state index in [0.29, 0.717) is 17.0 Å². The van der Waals surface area contributed by atoms with Gasteiger partial charge in [-0.25, -0.2) is 14.2 Å². The first-order valence-corrected chi connectivity index (χ1v) is 8.68. The van der Waals surface area contributed by atoms with Crippen LogP contribution in [0.3, 0.4) is 0 Å². The summed E-state index contributed by atoms with van der Waals surface area (Å²) in [6.07, 6.45) is 5.76. The van der Waals surface area contributed by atoms with E-state index < -0.39 is 12.6 Å². The number of aromatic nitrogens is 1. The van der Waals surface area contributed by atoms with Crippen molar-refractivity contribution in [2.24, 2.45) is 0 Å². The van der Waals surface area contributed by atoms with E-state index >= 15 is 0 Å². The maximum absolute atomic E-state index is 12.9. The lowest BCUT2D eigenvalue weighted by Crippen LogP contribution is -2.30. The standard InChI is InChI=1S/C20H23FN2O4/c1-4-5-6-16-17(13(2)20(25)26)12-23(19(16)24)14(3)15-7-8-18(22-11-15)27-10-9-21/h5-8,11,14H,2,4,9-10,12H2,1,3H3,(H,25,26)/b6-5-. The predicted molar refractivity (Wildman–Crippen MR) is 99.1 cm³/mol. The molecule has 0 spiro atoms. The van der Waals surface area contributed by atoms with E-state index in [1.165, 1.54) is 0 Å². The first-order valence-electron chi connectivity index (χ1n) is 8.68. The third-order valence-corrected chi connectivity index (χ3v) is 4.32. The van der Waals surface area contributed by atoms with Gasteiger partial charge < -0.3 is 14.7 Å². The van der Waals surface area contributed by atoms with Crippen molar-refractivity contribution in [2.45, 2.75) is 26.3 Å². The zero-order valence-electron chi connectivity index (χ0n) is 15.4. The second kappa shape index (κ2) is 9.12. The van der Waals surface area contributed by atoms with Crippen molar-refractivity contribution in [1.29, 1.82) is 0 Å². The molecule has 2 rings (SSSR count). The van der Waals surface area contributed by atoms with Crippen molar-refractivity contribution in [3.63, 3.8) is 0 Å². The monoisotopic (exact) mass is 374 g/mol. The number of ether oxygens (including phenoxy) is 1. The Labute approximate surface area is 157 Å². The Hall–Kier alpha value is -2.96. The third-order valence-electron chi connectivity index (χ3n) is 4.32. The number of nitrogens with zero attached hydrogens (tertiary/aromatic N) is 2. The fourth-order valence-electron chi connectivity index (χ4n) is 2.77. The Kier molecular flexibility index (Phi) is 6.87. The topological polar surface area (TPSA) is 79.7 Å². The lowest BCUT2D eigenvalue weighted by molar-refractivity contribution is -0.132. The smallest absolute Gasteiger partial charge is 0.335 e. The molecule has 0 saturated carbocycles. The molecule has 144 valence electrons. The fourth-order valence-corrected chi connectivity index (χ4v) is 2.77. The molecule has 7 heteroatoms. The fraction of sp³-hybridized carbons (Fsp3) is 0.350. The van der Waals surface area contributed by atoms with Crippen LogP contribution in [0.25, 0.3) is 0 Å². The van der Waals surface area contributed by atoms with Crippen molar-refractivity contribution >= 4 is 11.9 Å². The Balaban J connectivity index is 2.24. The van der Waals surface area contributed by atoms with Crippen LogP contribution in [0.15, 0.2) is 53.8 Å². The largest absolute Gasteiger partial charge is 0.478 e. The molecule has 2 heterocycles. The van der Waals surface area contributed by atoms with Crippen LogP contribution in [0, 0.1) is 0 Å². The number of alkyl halides is 1. The van der Waals surface area contributed by atoms with Crippen molar-refractivity contribution in [3.05, 3.63) is 59.3 Å². The van der Waals surface area contributed by atoms with E-state index in [1.54, 1.807) is 29.3 Å². The van der Waals surface area contributed by atoms with Crippen LogP contribution in [0.5, 0.6) is 5.88 Å². The summed E-state index contributed by atoms with van der Waals surface area (Å²) in [6, 6.07) is 3.04. The molecule has 0 radical (unpaired) electrons. The number of hydrogen-bond acceptors (Lipinski definition) is 4. The number of allylic oxidation sites excluding steroid dienone is 1. The second-order valence-electron chi connectivity index (χ2n) is 6.06. The Morgan fingerprint density at radius 2 is 2.26 bits per heavy atom. The number of carboxylic acid groups (broad SMARTS) is 1. The van der Waals surface area contributed by atoms with Crippen LogP contribution in [0.4, 0.5) is 4.39 Å². The Morgan fingerprint density at radius 1 is 1.52 bits per heavy atom. The molecule has 1 amide bonds. The number of carbonyl (C=O) groups excluding carboxylic acids is 1. The second-order valence-corrected chi connectivity index (χ2v) is 6.06. The van der Waals surface area contributed by atoms with Crippen LogP contribution in [0.2, 0.25) is 0 Å². The maximum Gasteiger partial charge on any atom is 0.335 e. The van der Waals surface area contributed by atoms with Gasteiger partial charge in [-0.1, -0.05) is 31.7 Å². The summed E-state index contributed by atoms with van der Waals surface area (Å²) in [5.74, 6) is -1.09. The summed E-state index contributed by atoms with van der Waals surface area (Å²) in [6.45, 7) is 6.87. The minimum atomic E-state index is -1.15. The molecule has 6 nitrogen and oxygen atoms in total. The number of rotatable bonds is 9. The molecule has 1 aromatic rings. The molecular weight excluding hydrogens is 351 g/mol. The lowest BCUT2D eigenvalue weighted by Gasteiger charge is -2.25. The van der Waals surface area contributed by atoms with Crippen LogP contribution < -0.4 is 4.74 Å². The minimum Gasteiger partial charge on any atom is -0.478 e. The van der Waals surface area contributed by atoms with Crippen molar-refractivity contribution < 1.29 is 23.8 Å². The highest BCUT2D eigenvalue weighted by Crippen LogP contribution is 2.32. The van der Waals surface area contributed by atoms with Crippen molar-refractivity contribution in [3.8, 4) is 5.88 Å². The summed E-state index contributed by atoms with van der Waals surface area (Å²) < 4.78 is 17.3. The number of halogens is 1. The Bertz CT molecular complexity index is 784. The number of pyridine rings is 1. The number of amides is 1. The molecule has 0 aliphatic carbocycles. The zero-order valence-corrected chi connectivity index (χ0v) is 15.4. The number of aliphatic carboxylic acids is 1. The van der Waals surface area contributed by atoms with Gasteiger partial charge >= 0.3 is 5.97 Å².